The molecule has 1 atom stereocenters. The third-order valence-electron chi connectivity index (χ3n) is 2.96. The number of nitrogens with two attached hydrogens (primary N) is 2. The molecule has 2 aromatic heterocycles. The first-order valence-corrected chi connectivity index (χ1v) is 5.80. The Labute approximate surface area is 101 Å². The number of hydrogen-bond acceptors (Lipinski definition) is 4. The van der Waals surface area contributed by atoms with Crippen molar-refractivity contribution in [3.63, 3.8) is 0 Å². The van der Waals surface area contributed by atoms with Crippen molar-refractivity contribution >= 4 is 0 Å². The predicted octanol–water partition coefficient (Wildman–Crippen LogP) is 1.56. The fraction of sp³-hybridized carbons (Fsp3) is 0.385. The van der Waals surface area contributed by atoms with Gasteiger partial charge in [0.05, 0.1) is 12.5 Å². The number of rotatable bonds is 6. The Morgan fingerprint density at radius 1 is 1.00 bits per heavy atom. The van der Waals surface area contributed by atoms with Gasteiger partial charge in [-0.2, -0.15) is 0 Å². The summed E-state index contributed by atoms with van der Waals surface area (Å²) in [5.74, 6) is 2.10. The molecule has 4 N–H and O–H groups in total. The average Bonchev–Trinajstić information content (AvgIpc) is 3.00. The van der Waals surface area contributed by atoms with Crippen LogP contribution in [0, 0.1) is 5.92 Å². The maximum Gasteiger partial charge on any atom is 0.104 e. The van der Waals surface area contributed by atoms with E-state index in [1.54, 1.807) is 12.5 Å². The summed E-state index contributed by atoms with van der Waals surface area (Å²) in [5, 5.41) is 0. The summed E-state index contributed by atoms with van der Waals surface area (Å²) in [4.78, 5) is 0. The minimum Gasteiger partial charge on any atom is -0.469 e. The lowest BCUT2D eigenvalue weighted by molar-refractivity contribution is 0.354. The molecule has 0 saturated carbocycles. The van der Waals surface area contributed by atoms with Gasteiger partial charge in [-0.3, -0.25) is 0 Å². The van der Waals surface area contributed by atoms with Crippen molar-refractivity contribution in [3.05, 3.63) is 48.3 Å². The fourth-order valence-electron chi connectivity index (χ4n) is 1.94. The van der Waals surface area contributed by atoms with Crippen LogP contribution >= 0.6 is 0 Å². The van der Waals surface area contributed by atoms with E-state index in [1.807, 2.05) is 24.3 Å². The van der Waals surface area contributed by atoms with Gasteiger partial charge in [0.2, 0.25) is 0 Å². The molecular formula is C13H18N2O2. The largest absolute Gasteiger partial charge is 0.469 e. The monoisotopic (exact) mass is 234 g/mol. The molecular weight excluding hydrogens is 216 g/mol. The van der Waals surface area contributed by atoms with Crippen LogP contribution < -0.4 is 11.5 Å². The van der Waals surface area contributed by atoms with Gasteiger partial charge >= 0.3 is 0 Å². The van der Waals surface area contributed by atoms with Gasteiger partial charge in [-0.15, -0.1) is 0 Å². The van der Waals surface area contributed by atoms with Crippen molar-refractivity contribution in [3.8, 4) is 0 Å². The van der Waals surface area contributed by atoms with Gasteiger partial charge in [0, 0.05) is 25.4 Å². The van der Waals surface area contributed by atoms with E-state index in [0.29, 0.717) is 6.54 Å². The summed E-state index contributed by atoms with van der Waals surface area (Å²) in [7, 11) is 0. The maximum atomic E-state index is 6.04. The molecule has 0 saturated heterocycles. The normalized spacial score (nSPS) is 13.1. The predicted molar refractivity (Wildman–Crippen MR) is 65.3 cm³/mol. The maximum absolute atomic E-state index is 6.04. The van der Waals surface area contributed by atoms with Crippen molar-refractivity contribution in [1.29, 1.82) is 0 Å². The molecule has 4 heteroatoms. The van der Waals surface area contributed by atoms with Crippen LogP contribution in [0.1, 0.15) is 11.5 Å². The van der Waals surface area contributed by atoms with Gasteiger partial charge in [-0.25, -0.2) is 0 Å². The van der Waals surface area contributed by atoms with E-state index in [1.165, 1.54) is 0 Å². The molecule has 0 aromatic carbocycles. The van der Waals surface area contributed by atoms with E-state index >= 15 is 0 Å². The topological polar surface area (TPSA) is 78.3 Å². The second-order valence-corrected chi connectivity index (χ2v) is 4.23. The van der Waals surface area contributed by atoms with Crippen LogP contribution in [0.5, 0.6) is 0 Å². The minimum absolute atomic E-state index is 0.0507. The Kier molecular flexibility index (Phi) is 4.01. The Hall–Kier alpha value is -1.52. The van der Waals surface area contributed by atoms with Crippen LogP contribution in [0.25, 0.3) is 0 Å². The number of hydrogen-bond donors (Lipinski definition) is 2. The third kappa shape index (κ3) is 3.22. The first-order chi connectivity index (χ1) is 8.29. The van der Waals surface area contributed by atoms with Crippen molar-refractivity contribution in [2.24, 2.45) is 17.4 Å². The van der Waals surface area contributed by atoms with Gasteiger partial charge in [0.25, 0.3) is 0 Å². The zero-order chi connectivity index (χ0) is 12.1. The third-order valence-corrected chi connectivity index (χ3v) is 2.96. The lowest BCUT2D eigenvalue weighted by atomic mass is 9.91. The summed E-state index contributed by atoms with van der Waals surface area (Å²) >= 11 is 0. The molecule has 2 aromatic rings. The molecule has 4 nitrogen and oxygen atoms in total. The summed E-state index contributed by atoms with van der Waals surface area (Å²) in [6, 6.07) is 7.63. The second-order valence-electron chi connectivity index (χ2n) is 4.23. The summed E-state index contributed by atoms with van der Waals surface area (Å²) in [5.41, 5.74) is 11.7. The van der Waals surface area contributed by atoms with Crippen LogP contribution in [-0.2, 0) is 12.8 Å². The van der Waals surface area contributed by atoms with Crippen LogP contribution in [0.2, 0.25) is 0 Å². The molecule has 0 aliphatic rings. The molecule has 2 rings (SSSR count). The molecule has 92 valence electrons. The summed E-state index contributed by atoms with van der Waals surface area (Å²) in [6.45, 7) is 0.464. The summed E-state index contributed by atoms with van der Waals surface area (Å²) in [6.07, 6.45) is 4.92. The van der Waals surface area contributed by atoms with Gasteiger partial charge < -0.3 is 20.3 Å². The van der Waals surface area contributed by atoms with E-state index in [-0.39, 0.29) is 12.0 Å². The van der Waals surface area contributed by atoms with Crippen molar-refractivity contribution in [2.45, 2.75) is 18.9 Å². The quantitative estimate of drug-likeness (QED) is 0.795. The van der Waals surface area contributed by atoms with Gasteiger partial charge in [0.1, 0.15) is 11.5 Å². The molecule has 2 heterocycles. The Morgan fingerprint density at radius 2 is 1.53 bits per heavy atom. The van der Waals surface area contributed by atoms with E-state index in [2.05, 4.69) is 0 Å². The molecule has 0 fully saturated rings. The zero-order valence-corrected chi connectivity index (χ0v) is 9.71. The van der Waals surface area contributed by atoms with Crippen molar-refractivity contribution in [1.82, 2.24) is 0 Å². The number of furan rings is 2. The zero-order valence-electron chi connectivity index (χ0n) is 9.71. The van der Waals surface area contributed by atoms with Crippen molar-refractivity contribution < 1.29 is 8.83 Å². The van der Waals surface area contributed by atoms with Crippen LogP contribution in [0.3, 0.4) is 0 Å². The van der Waals surface area contributed by atoms with E-state index in [4.69, 9.17) is 20.3 Å². The Morgan fingerprint density at radius 3 is 1.88 bits per heavy atom. The molecule has 0 radical (unpaired) electrons. The fourth-order valence-corrected chi connectivity index (χ4v) is 1.94. The van der Waals surface area contributed by atoms with Gasteiger partial charge in [-0.1, -0.05) is 0 Å². The highest BCUT2D eigenvalue weighted by Gasteiger charge is 2.20. The van der Waals surface area contributed by atoms with Crippen LogP contribution in [0.15, 0.2) is 45.6 Å². The standard InChI is InChI=1S/C13H18N2O2/c14-9-13(15)10(7-11-3-1-5-16-11)8-12-4-2-6-17-12/h1-6,10,13H,7-9,14-15H2. The first kappa shape index (κ1) is 12.0. The highest BCUT2D eigenvalue weighted by atomic mass is 16.3. The minimum atomic E-state index is -0.0507. The van der Waals surface area contributed by atoms with Crippen LogP contribution in [0.4, 0.5) is 0 Å². The SMILES string of the molecule is NCC(N)C(Cc1ccco1)Cc1ccco1. The summed E-state index contributed by atoms with van der Waals surface area (Å²) < 4.78 is 10.7. The molecule has 17 heavy (non-hydrogen) atoms. The Bertz CT molecular complexity index is 372. The van der Waals surface area contributed by atoms with E-state index in [9.17, 15) is 0 Å². The molecule has 1 unspecified atom stereocenters. The van der Waals surface area contributed by atoms with E-state index in [0.717, 1.165) is 24.4 Å². The molecule has 0 aliphatic heterocycles. The van der Waals surface area contributed by atoms with Gasteiger partial charge in [-0.05, 0) is 30.2 Å². The smallest absolute Gasteiger partial charge is 0.104 e. The van der Waals surface area contributed by atoms with E-state index < -0.39 is 0 Å². The Balaban J connectivity index is 2.03. The average molecular weight is 234 g/mol. The second kappa shape index (κ2) is 5.70. The molecule has 0 bridgehead atoms. The lowest BCUT2D eigenvalue weighted by Gasteiger charge is -2.20. The van der Waals surface area contributed by atoms with Crippen LogP contribution in [-0.4, -0.2) is 12.6 Å². The highest BCUT2D eigenvalue weighted by molar-refractivity contribution is 5.05. The van der Waals surface area contributed by atoms with Crippen molar-refractivity contribution in [2.75, 3.05) is 6.54 Å². The molecule has 0 amide bonds. The highest BCUT2D eigenvalue weighted by Crippen LogP contribution is 2.17. The molecule has 0 aliphatic carbocycles. The molecule has 0 spiro atoms. The lowest BCUT2D eigenvalue weighted by Crippen LogP contribution is -2.39. The van der Waals surface area contributed by atoms with Gasteiger partial charge in [0.15, 0.2) is 0 Å². The first-order valence-electron chi connectivity index (χ1n) is 5.80.